The average molecular weight is 471 g/mol. The summed E-state index contributed by atoms with van der Waals surface area (Å²) in [5, 5.41) is 0.992. The van der Waals surface area contributed by atoms with Gasteiger partial charge in [0.2, 0.25) is 5.88 Å². The van der Waals surface area contributed by atoms with E-state index in [-0.39, 0.29) is 6.61 Å². The number of benzene rings is 2. The second-order valence-corrected chi connectivity index (χ2v) is 8.79. The van der Waals surface area contributed by atoms with Crippen molar-refractivity contribution in [3.63, 3.8) is 0 Å². The van der Waals surface area contributed by atoms with E-state index in [4.69, 9.17) is 23.9 Å². The van der Waals surface area contributed by atoms with Crippen LogP contribution in [0.3, 0.4) is 0 Å². The molecule has 4 aromatic rings. The third-order valence-electron chi connectivity index (χ3n) is 6.29. The topological polar surface area (TPSA) is 62.7 Å². The number of ether oxygens (including phenoxy) is 4. The fourth-order valence-corrected chi connectivity index (χ4v) is 4.21. The van der Waals surface area contributed by atoms with Crippen LogP contribution in [0, 0.1) is 12.8 Å². The quantitative estimate of drug-likeness (QED) is 0.303. The first-order valence-corrected chi connectivity index (χ1v) is 12.1. The molecule has 0 saturated carbocycles. The fraction of sp³-hybridized carbons (Fsp3) is 0.310. The molecule has 2 aromatic heterocycles. The van der Waals surface area contributed by atoms with Crippen molar-refractivity contribution < 1.29 is 18.9 Å². The molecule has 0 radical (unpaired) electrons. The lowest BCUT2D eigenvalue weighted by Gasteiger charge is -2.22. The lowest BCUT2D eigenvalue weighted by molar-refractivity contribution is 0.0497. The molecule has 0 N–H and O–H groups in total. The summed E-state index contributed by atoms with van der Waals surface area (Å²) in [6.45, 7) is 5.11. The van der Waals surface area contributed by atoms with Gasteiger partial charge in [-0.1, -0.05) is 42.5 Å². The SMILES string of the molecule is Cc1c(COc2cc(OCC3CCOCC3)ccn2)nc2ccccc2c1OCc1ccccc1. The maximum Gasteiger partial charge on any atom is 0.217 e. The molecule has 0 unspecified atom stereocenters. The predicted molar refractivity (Wildman–Crippen MR) is 135 cm³/mol. The molecule has 0 bridgehead atoms. The van der Waals surface area contributed by atoms with Gasteiger partial charge in [-0.3, -0.25) is 0 Å². The summed E-state index contributed by atoms with van der Waals surface area (Å²) in [6, 6.07) is 21.9. The highest BCUT2D eigenvalue weighted by Crippen LogP contribution is 2.32. The minimum Gasteiger partial charge on any atom is -0.493 e. The van der Waals surface area contributed by atoms with Gasteiger partial charge < -0.3 is 18.9 Å². The van der Waals surface area contributed by atoms with E-state index in [1.54, 1.807) is 6.20 Å². The van der Waals surface area contributed by atoms with Gasteiger partial charge in [0.05, 0.1) is 17.8 Å². The molecule has 0 aliphatic carbocycles. The first kappa shape index (κ1) is 23.1. The van der Waals surface area contributed by atoms with Gasteiger partial charge in [0.1, 0.15) is 24.7 Å². The Hall–Kier alpha value is -3.64. The Bertz CT molecular complexity index is 1260. The smallest absolute Gasteiger partial charge is 0.217 e. The summed E-state index contributed by atoms with van der Waals surface area (Å²) in [7, 11) is 0. The molecule has 3 heterocycles. The molecule has 1 aliphatic heterocycles. The molecule has 1 aliphatic rings. The van der Waals surface area contributed by atoms with Crippen molar-refractivity contribution in [3.8, 4) is 17.4 Å². The Morgan fingerprint density at radius 2 is 1.69 bits per heavy atom. The van der Waals surface area contributed by atoms with Crippen molar-refractivity contribution in [1.82, 2.24) is 9.97 Å². The summed E-state index contributed by atoms with van der Waals surface area (Å²) in [4.78, 5) is 9.21. The van der Waals surface area contributed by atoms with E-state index in [0.717, 1.165) is 65.3 Å². The van der Waals surface area contributed by atoms with Crippen LogP contribution in [-0.2, 0) is 18.0 Å². The summed E-state index contributed by atoms with van der Waals surface area (Å²) in [6.07, 6.45) is 3.79. The zero-order valence-corrected chi connectivity index (χ0v) is 20.0. The number of para-hydroxylation sites is 1. The van der Waals surface area contributed by atoms with E-state index in [2.05, 4.69) is 17.1 Å². The number of hydrogen-bond donors (Lipinski definition) is 0. The van der Waals surface area contributed by atoms with Gasteiger partial charge in [-0.2, -0.15) is 0 Å². The number of pyridine rings is 2. The highest BCUT2D eigenvalue weighted by molar-refractivity contribution is 5.86. The summed E-state index contributed by atoms with van der Waals surface area (Å²) < 4.78 is 23.8. The molecule has 6 nitrogen and oxygen atoms in total. The molecule has 0 amide bonds. The fourth-order valence-electron chi connectivity index (χ4n) is 4.21. The molecular weight excluding hydrogens is 440 g/mol. The maximum atomic E-state index is 6.30. The molecule has 0 atom stereocenters. The molecule has 1 fully saturated rings. The second-order valence-electron chi connectivity index (χ2n) is 8.79. The van der Waals surface area contributed by atoms with Crippen molar-refractivity contribution in [2.75, 3.05) is 19.8 Å². The minimum absolute atomic E-state index is 0.286. The molecule has 6 heteroatoms. The van der Waals surface area contributed by atoms with Gasteiger partial charge in [0.25, 0.3) is 0 Å². The van der Waals surface area contributed by atoms with Crippen LogP contribution >= 0.6 is 0 Å². The number of fused-ring (bicyclic) bond motifs is 1. The first-order valence-electron chi connectivity index (χ1n) is 12.1. The summed E-state index contributed by atoms with van der Waals surface area (Å²) in [5.41, 5.74) is 3.78. The monoisotopic (exact) mass is 470 g/mol. The van der Waals surface area contributed by atoms with Crippen molar-refractivity contribution in [3.05, 3.63) is 89.7 Å². The molecule has 180 valence electrons. The van der Waals surface area contributed by atoms with Crippen molar-refractivity contribution >= 4 is 10.9 Å². The Balaban J connectivity index is 1.29. The van der Waals surface area contributed by atoms with Crippen LogP contribution in [0.4, 0.5) is 0 Å². The van der Waals surface area contributed by atoms with Crippen LogP contribution in [0.25, 0.3) is 10.9 Å². The highest BCUT2D eigenvalue weighted by Gasteiger charge is 2.16. The van der Waals surface area contributed by atoms with E-state index in [1.165, 1.54) is 0 Å². The Morgan fingerprint density at radius 3 is 2.54 bits per heavy atom. The van der Waals surface area contributed by atoms with Crippen molar-refractivity contribution in [2.24, 2.45) is 5.92 Å². The largest absolute Gasteiger partial charge is 0.493 e. The Morgan fingerprint density at radius 1 is 0.886 bits per heavy atom. The average Bonchev–Trinajstić information content (AvgIpc) is 2.92. The van der Waals surface area contributed by atoms with Gasteiger partial charge in [-0.05, 0) is 49.4 Å². The third-order valence-corrected chi connectivity index (χ3v) is 6.29. The number of hydrogen-bond acceptors (Lipinski definition) is 6. The third kappa shape index (κ3) is 5.89. The van der Waals surface area contributed by atoms with Crippen molar-refractivity contribution in [2.45, 2.75) is 33.0 Å². The van der Waals surface area contributed by atoms with E-state index < -0.39 is 0 Å². The van der Waals surface area contributed by atoms with Crippen LogP contribution in [0.15, 0.2) is 72.9 Å². The zero-order chi connectivity index (χ0) is 23.9. The molecule has 0 spiro atoms. The predicted octanol–water partition coefficient (Wildman–Crippen LogP) is 5.90. The van der Waals surface area contributed by atoms with Gasteiger partial charge in [0.15, 0.2) is 0 Å². The molecular formula is C29H30N2O4. The molecule has 35 heavy (non-hydrogen) atoms. The molecule has 1 saturated heterocycles. The van der Waals surface area contributed by atoms with E-state index >= 15 is 0 Å². The Labute approximate surface area is 205 Å². The van der Waals surface area contributed by atoms with Crippen molar-refractivity contribution in [1.29, 1.82) is 0 Å². The number of nitrogens with zero attached hydrogens (tertiary/aromatic N) is 2. The lowest BCUT2D eigenvalue weighted by Crippen LogP contribution is -2.21. The van der Waals surface area contributed by atoms with Crippen LogP contribution in [0.5, 0.6) is 17.4 Å². The molecule has 2 aromatic carbocycles. The van der Waals surface area contributed by atoms with Gasteiger partial charge in [0, 0.05) is 36.4 Å². The van der Waals surface area contributed by atoms with Gasteiger partial charge in [-0.25, -0.2) is 9.97 Å². The van der Waals surface area contributed by atoms with E-state index in [1.807, 2.05) is 61.5 Å². The standard InChI is InChI=1S/C29H30N2O4/c1-21-27(20-34-28-17-24(11-14-30-28)33-18-23-12-15-32-16-13-23)31-26-10-6-5-9-25(26)29(21)35-19-22-7-3-2-4-8-22/h2-11,14,17,23H,12-13,15-16,18-20H2,1H3. The zero-order valence-electron chi connectivity index (χ0n) is 20.0. The van der Waals surface area contributed by atoms with Crippen LogP contribution in [-0.4, -0.2) is 29.8 Å². The lowest BCUT2D eigenvalue weighted by atomic mass is 10.0. The van der Waals surface area contributed by atoms with Crippen LogP contribution in [0.2, 0.25) is 0 Å². The van der Waals surface area contributed by atoms with E-state index in [9.17, 15) is 0 Å². The summed E-state index contributed by atoms with van der Waals surface area (Å²) in [5.74, 6) is 2.63. The first-order chi connectivity index (χ1) is 17.3. The second kappa shape index (κ2) is 11.2. The normalized spacial score (nSPS) is 14.1. The summed E-state index contributed by atoms with van der Waals surface area (Å²) >= 11 is 0. The minimum atomic E-state index is 0.286. The van der Waals surface area contributed by atoms with Crippen LogP contribution < -0.4 is 14.2 Å². The van der Waals surface area contributed by atoms with E-state index in [0.29, 0.717) is 25.0 Å². The highest BCUT2D eigenvalue weighted by atomic mass is 16.5. The number of aromatic nitrogens is 2. The van der Waals surface area contributed by atoms with Gasteiger partial charge in [-0.15, -0.1) is 0 Å². The van der Waals surface area contributed by atoms with Gasteiger partial charge >= 0.3 is 0 Å². The Kier molecular flexibility index (Phi) is 7.39. The maximum absolute atomic E-state index is 6.30. The molecule has 5 rings (SSSR count). The van der Waals surface area contributed by atoms with Crippen LogP contribution in [0.1, 0.15) is 29.7 Å². The number of rotatable bonds is 9.